The summed E-state index contributed by atoms with van der Waals surface area (Å²) >= 11 is 0. The minimum absolute atomic E-state index is 0.258. The van der Waals surface area contributed by atoms with Crippen molar-refractivity contribution in [3.63, 3.8) is 0 Å². The summed E-state index contributed by atoms with van der Waals surface area (Å²) in [4.78, 5) is 11.4. The van der Waals surface area contributed by atoms with Gasteiger partial charge in [0.2, 0.25) is 0 Å². The molecule has 112 valence electrons. The molecule has 0 bridgehead atoms. The lowest BCUT2D eigenvalue weighted by Gasteiger charge is -2.17. The van der Waals surface area contributed by atoms with E-state index in [-0.39, 0.29) is 5.56 Å². The van der Waals surface area contributed by atoms with Crippen molar-refractivity contribution in [2.75, 3.05) is 0 Å². The third-order valence-electron chi connectivity index (χ3n) is 3.97. The number of aliphatic carboxylic acids is 1. The van der Waals surface area contributed by atoms with Crippen molar-refractivity contribution in [1.82, 2.24) is 0 Å². The van der Waals surface area contributed by atoms with Gasteiger partial charge in [0.05, 0.1) is 6.26 Å². The van der Waals surface area contributed by atoms with Crippen LogP contribution in [0.4, 0.5) is 0 Å². The zero-order chi connectivity index (χ0) is 15.9. The van der Waals surface area contributed by atoms with Gasteiger partial charge in [0.1, 0.15) is 5.76 Å². The first-order valence-corrected chi connectivity index (χ1v) is 6.95. The van der Waals surface area contributed by atoms with Crippen LogP contribution in [0.1, 0.15) is 18.1 Å². The van der Waals surface area contributed by atoms with E-state index in [4.69, 9.17) is 4.42 Å². The Labute approximate surface area is 128 Å². The number of hydrogen-bond acceptors (Lipinski definition) is 3. The normalized spacial score (nSPS) is 14.0. The molecule has 1 aliphatic carbocycles. The SMILES string of the molecule is Cc1ccccc1-c1cc(C(C)(O)C(=O)O)c2occcc1-2. The molecule has 0 amide bonds. The smallest absolute Gasteiger partial charge is 0.340 e. The molecule has 1 unspecified atom stereocenters. The van der Waals surface area contributed by atoms with Crippen molar-refractivity contribution in [1.29, 1.82) is 0 Å². The second-order valence-corrected chi connectivity index (χ2v) is 5.52. The minimum Gasteiger partial charge on any atom is -0.479 e. The first-order valence-electron chi connectivity index (χ1n) is 6.95. The molecule has 0 radical (unpaired) electrons. The predicted molar refractivity (Wildman–Crippen MR) is 82.7 cm³/mol. The fourth-order valence-electron chi connectivity index (χ4n) is 2.67. The van der Waals surface area contributed by atoms with Gasteiger partial charge in [-0.1, -0.05) is 24.3 Å². The molecule has 0 fully saturated rings. The van der Waals surface area contributed by atoms with Gasteiger partial charge in [-0.3, -0.25) is 0 Å². The number of hydrogen-bond donors (Lipinski definition) is 2. The standard InChI is InChI=1S/C18H16O4/c1-11-6-3-4-7-12(11)14-10-15(18(2,21)17(19)20)16-13(14)8-5-9-22-16/h3-10,21H,1-2H3,(H,19,20). The second-order valence-electron chi connectivity index (χ2n) is 5.52. The van der Waals surface area contributed by atoms with E-state index in [0.717, 1.165) is 22.3 Å². The van der Waals surface area contributed by atoms with Crippen LogP contribution in [-0.4, -0.2) is 16.2 Å². The summed E-state index contributed by atoms with van der Waals surface area (Å²) in [5.41, 5.74) is 1.95. The fourth-order valence-corrected chi connectivity index (χ4v) is 2.67. The number of carboxylic acid groups (broad SMARTS) is 1. The van der Waals surface area contributed by atoms with Crippen LogP contribution in [0.15, 0.2) is 53.1 Å². The predicted octanol–water partition coefficient (Wildman–Crippen LogP) is 3.65. The molecule has 2 aliphatic rings. The third kappa shape index (κ3) is 2.09. The number of rotatable bonds is 3. The van der Waals surface area contributed by atoms with Gasteiger partial charge in [0.15, 0.2) is 5.60 Å². The number of aryl methyl sites for hydroxylation is 1. The molecular formula is C18H16O4. The zero-order valence-electron chi connectivity index (χ0n) is 12.3. The van der Waals surface area contributed by atoms with Crippen molar-refractivity contribution in [2.45, 2.75) is 19.4 Å². The maximum absolute atomic E-state index is 11.4. The van der Waals surface area contributed by atoms with Gasteiger partial charge in [-0.15, -0.1) is 0 Å². The summed E-state index contributed by atoms with van der Waals surface area (Å²) in [5, 5.41) is 19.6. The molecule has 0 saturated heterocycles. The molecule has 1 aromatic rings. The highest BCUT2D eigenvalue weighted by Crippen LogP contribution is 2.43. The van der Waals surface area contributed by atoms with E-state index in [9.17, 15) is 15.0 Å². The van der Waals surface area contributed by atoms with Crippen LogP contribution >= 0.6 is 0 Å². The summed E-state index contributed by atoms with van der Waals surface area (Å²) < 4.78 is 5.50. The van der Waals surface area contributed by atoms with E-state index < -0.39 is 11.6 Å². The van der Waals surface area contributed by atoms with Gasteiger partial charge in [0.25, 0.3) is 0 Å². The highest BCUT2D eigenvalue weighted by Gasteiger charge is 2.38. The van der Waals surface area contributed by atoms with E-state index in [1.165, 1.54) is 13.2 Å². The molecule has 2 N–H and O–H groups in total. The molecule has 0 spiro atoms. The average Bonchev–Trinajstić information content (AvgIpc) is 2.88. The van der Waals surface area contributed by atoms with E-state index >= 15 is 0 Å². The Kier molecular flexibility index (Phi) is 3.26. The maximum Gasteiger partial charge on any atom is 0.340 e. The molecule has 0 saturated carbocycles. The quantitative estimate of drug-likeness (QED) is 0.774. The van der Waals surface area contributed by atoms with Gasteiger partial charge >= 0.3 is 5.97 Å². The lowest BCUT2D eigenvalue weighted by molar-refractivity contribution is -0.157. The first kappa shape index (κ1) is 14.4. The summed E-state index contributed by atoms with van der Waals surface area (Å²) in [7, 11) is 0. The molecular weight excluding hydrogens is 280 g/mol. The second kappa shape index (κ2) is 5.00. The Balaban J connectivity index is 2.30. The Bertz CT molecular complexity index is 814. The number of benzene rings is 1. The molecule has 1 atom stereocenters. The summed E-state index contributed by atoms with van der Waals surface area (Å²) in [6.07, 6.45) is 1.48. The Morgan fingerprint density at radius 2 is 1.77 bits per heavy atom. The fraction of sp³-hybridized carbons (Fsp3) is 0.167. The van der Waals surface area contributed by atoms with Gasteiger partial charge in [0, 0.05) is 11.1 Å². The summed E-state index contributed by atoms with van der Waals surface area (Å²) in [6, 6.07) is 13.1. The van der Waals surface area contributed by atoms with Crippen molar-refractivity contribution in [2.24, 2.45) is 0 Å². The molecule has 1 aromatic carbocycles. The first-order chi connectivity index (χ1) is 10.4. The van der Waals surface area contributed by atoms with Crippen molar-refractivity contribution < 1.29 is 19.4 Å². The van der Waals surface area contributed by atoms with Crippen LogP contribution in [0.25, 0.3) is 22.5 Å². The number of carbonyl (C=O) groups is 1. The van der Waals surface area contributed by atoms with E-state index in [1.54, 1.807) is 12.1 Å². The van der Waals surface area contributed by atoms with Crippen LogP contribution in [0.5, 0.6) is 0 Å². The van der Waals surface area contributed by atoms with Gasteiger partial charge < -0.3 is 14.6 Å². The monoisotopic (exact) mass is 296 g/mol. The highest BCUT2D eigenvalue weighted by molar-refractivity contribution is 5.92. The molecule has 3 rings (SSSR count). The molecule has 22 heavy (non-hydrogen) atoms. The highest BCUT2D eigenvalue weighted by atomic mass is 16.4. The largest absolute Gasteiger partial charge is 0.479 e. The van der Waals surface area contributed by atoms with Crippen LogP contribution in [0, 0.1) is 6.92 Å². The molecule has 1 heterocycles. The molecule has 4 heteroatoms. The lowest BCUT2D eigenvalue weighted by atomic mass is 9.97. The topological polar surface area (TPSA) is 70.7 Å². The summed E-state index contributed by atoms with van der Waals surface area (Å²) in [5.74, 6) is -0.914. The van der Waals surface area contributed by atoms with Gasteiger partial charge in [-0.25, -0.2) is 4.79 Å². The average molecular weight is 296 g/mol. The van der Waals surface area contributed by atoms with E-state index in [2.05, 4.69) is 0 Å². The molecule has 4 nitrogen and oxygen atoms in total. The van der Waals surface area contributed by atoms with Crippen LogP contribution in [-0.2, 0) is 10.4 Å². The summed E-state index contributed by atoms with van der Waals surface area (Å²) in [6.45, 7) is 3.25. The maximum atomic E-state index is 11.4. The van der Waals surface area contributed by atoms with Crippen LogP contribution < -0.4 is 0 Å². The van der Waals surface area contributed by atoms with E-state index in [1.807, 2.05) is 37.3 Å². The zero-order valence-corrected chi connectivity index (χ0v) is 12.3. The van der Waals surface area contributed by atoms with E-state index in [0.29, 0.717) is 5.76 Å². The lowest BCUT2D eigenvalue weighted by Crippen LogP contribution is -2.31. The van der Waals surface area contributed by atoms with Gasteiger partial charge in [-0.2, -0.15) is 0 Å². The Morgan fingerprint density at radius 3 is 2.45 bits per heavy atom. The number of fused-ring (bicyclic) bond motifs is 1. The molecule has 0 aromatic heterocycles. The third-order valence-corrected chi connectivity index (χ3v) is 3.97. The van der Waals surface area contributed by atoms with Crippen molar-refractivity contribution in [3.05, 3.63) is 59.9 Å². The molecule has 1 aliphatic heterocycles. The number of carboxylic acids is 1. The Morgan fingerprint density at radius 1 is 1.09 bits per heavy atom. The van der Waals surface area contributed by atoms with Crippen LogP contribution in [0.3, 0.4) is 0 Å². The number of aliphatic hydroxyl groups is 1. The van der Waals surface area contributed by atoms with Crippen molar-refractivity contribution in [3.8, 4) is 22.5 Å². The van der Waals surface area contributed by atoms with Gasteiger partial charge in [-0.05, 0) is 48.7 Å². The van der Waals surface area contributed by atoms with Crippen LogP contribution in [0.2, 0.25) is 0 Å². The van der Waals surface area contributed by atoms with Crippen molar-refractivity contribution >= 4 is 5.97 Å². The minimum atomic E-state index is -2.01. The Hall–Kier alpha value is -2.59.